The molecule has 12 nitrogen and oxygen atoms in total. The maximum absolute atomic E-state index is 13.2. The van der Waals surface area contributed by atoms with Crippen LogP contribution in [0, 0.1) is 5.92 Å². The number of aliphatic hydroxyl groups is 1. The van der Waals surface area contributed by atoms with Gasteiger partial charge in [0, 0.05) is 12.3 Å². The minimum atomic E-state index is -5.17. The van der Waals surface area contributed by atoms with Crippen molar-refractivity contribution in [1.82, 2.24) is 15.5 Å². The van der Waals surface area contributed by atoms with E-state index in [4.69, 9.17) is 14.6 Å². The highest BCUT2D eigenvalue weighted by atomic mass is 19.4. The summed E-state index contributed by atoms with van der Waals surface area (Å²) in [7, 11) is 0. The number of β-amino-alcohol motifs (C(OH)–C–C–N with tert-alkyl or cyclic N) is 1. The summed E-state index contributed by atoms with van der Waals surface area (Å²) in [4.78, 5) is 62.0. The number of alkyl halides is 3. The second-order valence-electron chi connectivity index (χ2n) is 11.5. The van der Waals surface area contributed by atoms with Crippen LogP contribution in [0.3, 0.4) is 0 Å². The number of amides is 3. The molecular formula is C27H40F3N3O9. The van der Waals surface area contributed by atoms with E-state index in [1.165, 1.54) is 5.32 Å². The molecule has 1 aliphatic carbocycles. The summed E-state index contributed by atoms with van der Waals surface area (Å²) in [6, 6.07) is -2.69. The Hall–Kier alpha value is -3.36. The number of hydrogen-bond donors (Lipinski definition) is 4. The molecule has 1 saturated carbocycles. The lowest BCUT2D eigenvalue weighted by Gasteiger charge is -2.29. The monoisotopic (exact) mass is 607 g/mol. The van der Waals surface area contributed by atoms with Crippen LogP contribution in [0.2, 0.25) is 0 Å². The van der Waals surface area contributed by atoms with Crippen molar-refractivity contribution in [1.29, 1.82) is 0 Å². The number of aliphatic carboxylic acids is 1. The van der Waals surface area contributed by atoms with E-state index in [0.717, 1.165) is 4.90 Å². The molecule has 0 aromatic heterocycles. The average molecular weight is 608 g/mol. The number of esters is 1. The molecule has 1 heterocycles. The van der Waals surface area contributed by atoms with Crippen LogP contribution in [0.4, 0.5) is 18.0 Å². The largest absolute Gasteiger partial charge is 0.480 e. The van der Waals surface area contributed by atoms with Gasteiger partial charge in [-0.25, -0.2) is 14.4 Å². The van der Waals surface area contributed by atoms with Crippen molar-refractivity contribution in [2.45, 2.75) is 108 Å². The smallest absolute Gasteiger partial charge is 0.471 e. The number of allylic oxidation sites excluding steroid dienone is 1. The Bertz CT molecular complexity index is 1040. The molecule has 15 heteroatoms. The fourth-order valence-corrected chi connectivity index (χ4v) is 4.64. The summed E-state index contributed by atoms with van der Waals surface area (Å²) in [6.07, 6.45) is -1.46. The normalized spacial score (nSPS) is 24.7. The Labute approximate surface area is 242 Å². The van der Waals surface area contributed by atoms with E-state index in [9.17, 15) is 42.3 Å². The number of unbranched alkanes of at least 4 members (excludes halogenated alkanes) is 3. The molecule has 0 unspecified atom stereocenters. The minimum Gasteiger partial charge on any atom is -0.480 e. The molecule has 0 spiro atoms. The van der Waals surface area contributed by atoms with Crippen molar-refractivity contribution in [2.24, 2.45) is 5.92 Å². The molecule has 4 N–H and O–H groups in total. The molecule has 2 aliphatic rings. The molecule has 238 valence electrons. The van der Waals surface area contributed by atoms with Crippen molar-refractivity contribution in [3.8, 4) is 0 Å². The fourth-order valence-electron chi connectivity index (χ4n) is 4.64. The van der Waals surface area contributed by atoms with Crippen molar-refractivity contribution in [3.05, 3.63) is 12.2 Å². The number of carbonyl (C=O) groups excluding carboxylic acids is 4. The third-order valence-electron chi connectivity index (χ3n) is 6.80. The number of likely N-dealkylation sites (tertiary alicyclic amines) is 1. The summed E-state index contributed by atoms with van der Waals surface area (Å²) >= 11 is 0. The van der Waals surface area contributed by atoms with Gasteiger partial charge in [0.15, 0.2) is 0 Å². The minimum absolute atomic E-state index is 0.0207. The molecule has 2 rings (SSSR count). The van der Waals surface area contributed by atoms with E-state index in [2.05, 4.69) is 5.32 Å². The molecule has 0 aromatic rings. The zero-order valence-corrected chi connectivity index (χ0v) is 24.2. The second-order valence-corrected chi connectivity index (χ2v) is 11.5. The van der Waals surface area contributed by atoms with Gasteiger partial charge in [-0.2, -0.15) is 13.2 Å². The third kappa shape index (κ3) is 9.88. The van der Waals surface area contributed by atoms with Crippen molar-refractivity contribution in [3.63, 3.8) is 0 Å². The summed E-state index contributed by atoms with van der Waals surface area (Å²) in [5, 5.41) is 23.4. The van der Waals surface area contributed by atoms with Crippen LogP contribution in [0.25, 0.3) is 0 Å². The zero-order valence-electron chi connectivity index (χ0n) is 24.2. The van der Waals surface area contributed by atoms with E-state index < -0.39 is 71.3 Å². The number of halogens is 3. The lowest BCUT2D eigenvalue weighted by molar-refractivity contribution is -0.175. The Morgan fingerprint density at radius 2 is 1.79 bits per heavy atom. The molecular weight excluding hydrogens is 567 g/mol. The van der Waals surface area contributed by atoms with Crippen LogP contribution in [-0.2, 0) is 28.7 Å². The number of hydrogen-bond acceptors (Lipinski definition) is 8. The van der Waals surface area contributed by atoms with Crippen LogP contribution in [0.5, 0.6) is 0 Å². The molecule has 0 bridgehead atoms. The van der Waals surface area contributed by atoms with Gasteiger partial charge in [-0.3, -0.25) is 14.5 Å². The third-order valence-corrected chi connectivity index (χ3v) is 6.80. The molecule has 5 atom stereocenters. The van der Waals surface area contributed by atoms with Gasteiger partial charge < -0.3 is 30.3 Å². The number of carbonyl (C=O) groups is 5. The topological polar surface area (TPSA) is 172 Å². The molecule has 3 amide bonds. The van der Waals surface area contributed by atoms with E-state index >= 15 is 0 Å². The SMILES string of the molecule is CCOC(=O)[C@@]1(NC(=O)[C@@H]2C[C@@H](O)CN2C(=O)OC(C)(C)C)C[C@H]1C=CCCCCC[C@H](NC(=O)C(F)(F)F)C(=O)O. The van der Waals surface area contributed by atoms with Gasteiger partial charge in [0.05, 0.1) is 19.3 Å². The summed E-state index contributed by atoms with van der Waals surface area (Å²) in [5.41, 5.74) is -2.15. The maximum atomic E-state index is 13.2. The highest BCUT2D eigenvalue weighted by molar-refractivity contribution is 5.95. The van der Waals surface area contributed by atoms with Crippen LogP contribution in [0.15, 0.2) is 12.2 Å². The number of rotatable bonds is 13. The molecule has 42 heavy (non-hydrogen) atoms. The van der Waals surface area contributed by atoms with Gasteiger partial charge in [0.25, 0.3) is 0 Å². The zero-order chi connectivity index (χ0) is 31.9. The molecule has 1 saturated heterocycles. The lowest BCUT2D eigenvalue weighted by Crippen LogP contribution is -2.54. The van der Waals surface area contributed by atoms with Gasteiger partial charge >= 0.3 is 30.1 Å². The van der Waals surface area contributed by atoms with Crippen molar-refractivity contribution >= 4 is 29.8 Å². The number of carboxylic acids is 1. The molecule has 1 aliphatic heterocycles. The summed E-state index contributed by atoms with van der Waals surface area (Å²) in [6.45, 7) is 6.64. The average Bonchev–Trinajstić information content (AvgIpc) is 3.40. The predicted molar refractivity (Wildman–Crippen MR) is 141 cm³/mol. The van der Waals surface area contributed by atoms with E-state index in [1.807, 2.05) is 0 Å². The molecule has 0 radical (unpaired) electrons. The van der Waals surface area contributed by atoms with Crippen LogP contribution in [0.1, 0.15) is 72.6 Å². The second kappa shape index (κ2) is 14.2. The highest BCUT2D eigenvalue weighted by Crippen LogP contribution is 2.46. The van der Waals surface area contributed by atoms with Gasteiger partial charge in [-0.05, 0) is 53.4 Å². The van der Waals surface area contributed by atoms with Gasteiger partial charge in [-0.15, -0.1) is 0 Å². The van der Waals surface area contributed by atoms with Crippen LogP contribution in [-0.4, -0.2) is 93.6 Å². The molecule has 0 aromatic carbocycles. The quantitative estimate of drug-likeness (QED) is 0.139. The fraction of sp³-hybridized carbons (Fsp3) is 0.741. The Balaban J connectivity index is 1.92. The number of carboxylic acid groups (broad SMARTS) is 1. The Morgan fingerprint density at radius 3 is 2.36 bits per heavy atom. The van der Waals surface area contributed by atoms with E-state index in [0.29, 0.717) is 19.3 Å². The van der Waals surface area contributed by atoms with Crippen LogP contribution >= 0.6 is 0 Å². The summed E-state index contributed by atoms with van der Waals surface area (Å²) in [5.74, 6) is -5.50. The Kier molecular flexibility index (Phi) is 11.8. The van der Waals surface area contributed by atoms with Gasteiger partial charge in [0.1, 0.15) is 23.2 Å². The number of ether oxygens (including phenoxy) is 2. The van der Waals surface area contributed by atoms with Crippen LogP contribution < -0.4 is 10.6 Å². The first-order chi connectivity index (χ1) is 19.4. The lowest BCUT2D eigenvalue weighted by atomic mass is 10.1. The number of aliphatic hydroxyl groups excluding tert-OH is 1. The van der Waals surface area contributed by atoms with Crippen molar-refractivity contribution < 1.29 is 56.8 Å². The van der Waals surface area contributed by atoms with E-state index in [-0.39, 0.29) is 38.8 Å². The van der Waals surface area contributed by atoms with Gasteiger partial charge in [0.2, 0.25) is 5.91 Å². The van der Waals surface area contributed by atoms with Gasteiger partial charge in [-0.1, -0.05) is 25.0 Å². The Morgan fingerprint density at radius 1 is 1.12 bits per heavy atom. The highest BCUT2D eigenvalue weighted by Gasteiger charge is 2.62. The maximum Gasteiger partial charge on any atom is 0.471 e. The first-order valence-corrected chi connectivity index (χ1v) is 13.8. The molecule has 2 fully saturated rings. The number of nitrogens with zero attached hydrogens (tertiary/aromatic N) is 1. The summed E-state index contributed by atoms with van der Waals surface area (Å²) < 4.78 is 47.7. The first kappa shape index (κ1) is 34.8. The number of nitrogens with one attached hydrogen (secondary N) is 2. The van der Waals surface area contributed by atoms with E-state index in [1.54, 1.807) is 39.8 Å². The predicted octanol–water partition coefficient (Wildman–Crippen LogP) is 2.43. The standard InChI is InChI=1S/C27H40F3N3O9/c1-5-41-23(39)26(32-20(35)19-13-17(34)15-33(19)24(40)42-25(2,3)4)14-16(26)11-9-7-6-8-10-12-18(21(36)37)31-22(38)27(28,29)30/h9,11,16-19,34H,5-8,10,12-15H2,1-4H3,(H,31,38)(H,32,35)(H,36,37)/t16-,17-,18+,19+,26-/m1/s1. The first-order valence-electron chi connectivity index (χ1n) is 13.8. The van der Waals surface area contributed by atoms with Crippen molar-refractivity contribution in [2.75, 3.05) is 13.2 Å².